The van der Waals surface area contributed by atoms with Crippen LogP contribution in [0, 0.1) is 0 Å². The van der Waals surface area contributed by atoms with Crippen LogP contribution in [0.2, 0.25) is 0 Å². The van der Waals surface area contributed by atoms with Crippen LogP contribution < -0.4 is 22.2 Å². The number of hydrazine groups is 1. The van der Waals surface area contributed by atoms with E-state index in [-0.39, 0.29) is 24.4 Å². The van der Waals surface area contributed by atoms with Crippen molar-refractivity contribution in [2.75, 3.05) is 45.8 Å². The summed E-state index contributed by atoms with van der Waals surface area (Å²) in [6.45, 7) is 10.7. The number of amides is 2. The fraction of sp³-hybridized carbons (Fsp3) is 0.957. The van der Waals surface area contributed by atoms with Crippen molar-refractivity contribution in [2.45, 2.75) is 245 Å². The Morgan fingerprint density at radius 1 is 0.455 bits per heavy atom. The molecule has 6 N–H and O–H groups in total. The molecule has 0 heterocycles. The summed E-state index contributed by atoms with van der Waals surface area (Å²) >= 11 is 0. The zero-order chi connectivity index (χ0) is 40.3. The average molecular weight is 779 g/mol. The van der Waals surface area contributed by atoms with Gasteiger partial charge < -0.3 is 21.7 Å². The van der Waals surface area contributed by atoms with Crippen molar-refractivity contribution < 1.29 is 9.59 Å². The molecule has 0 saturated carbocycles. The van der Waals surface area contributed by atoms with Crippen LogP contribution in [0.1, 0.15) is 239 Å². The first-order valence-corrected chi connectivity index (χ1v) is 24.5. The highest BCUT2D eigenvalue weighted by Gasteiger charge is 2.26. The number of nitrogens with one attached hydrogen (secondary N) is 2. The van der Waals surface area contributed by atoms with Gasteiger partial charge in [0.1, 0.15) is 6.54 Å². The molecule has 1 atom stereocenters. The predicted octanol–water partition coefficient (Wildman–Crippen LogP) is 11.3. The Morgan fingerprint density at radius 3 is 1.15 bits per heavy atom. The van der Waals surface area contributed by atoms with Crippen LogP contribution in [0.25, 0.3) is 0 Å². The van der Waals surface area contributed by atoms with E-state index in [1.165, 1.54) is 180 Å². The van der Waals surface area contributed by atoms with Crippen molar-refractivity contribution in [3.8, 4) is 0 Å². The Kier molecular flexibility index (Phi) is 42.9. The van der Waals surface area contributed by atoms with Gasteiger partial charge in [0.25, 0.3) is 5.91 Å². The summed E-state index contributed by atoms with van der Waals surface area (Å²) in [6, 6.07) is -0.325. The highest BCUT2D eigenvalue weighted by Crippen LogP contribution is 2.16. The minimum Gasteiger partial charge on any atom is -0.341 e. The lowest BCUT2D eigenvalue weighted by Gasteiger charge is -2.31. The standard InChI is InChI=1S/C47H98N6O2/c1-4-7-9-11-13-15-17-19-21-23-25-27-29-31-33-42-52(43-34-32-30-28-26-24-22-20-18-16-14-12-10-8-5-2)46(54)44-53(51-41-36-39-49)47(55)45(37-6-3)50-40-35-38-48/h45,50-51H,4-44,48-49H2,1-3H3. The molecule has 0 aliphatic carbocycles. The van der Waals surface area contributed by atoms with Gasteiger partial charge in [-0.25, -0.2) is 5.43 Å². The first-order chi connectivity index (χ1) is 27.0. The maximum Gasteiger partial charge on any atom is 0.254 e. The molecule has 8 nitrogen and oxygen atoms in total. The van der Waals surface area contributed by atoms with E-state index in [0.29, 0.717) is 26.2 Å². The number of hydrogen-bond acceptors (Lipinski definition) is 6. The quantitative estimate of drug-likeness (QED) is 0.0361. The number of nitrogens with two attached hydrogens (primary N) is 2. The summed E-state index contributed by atoms with van der Waals surface area (Å²) in [5.41, 5.74) is 14.8. The topological polar surface area (TPSA) is 117 Å². The van der Waals surface area contributed by atoms with E-state index in [4.69, 9.17) is 11.5 Å². The molecule has 0 aliphatic rings. The first kappa shape index (κ1) is 53.8. The van der Waals surface area contributed by atoms with Gasteiger partial charge in [-0.3, -0.25) is 14.6 Å². The van der Waals surface area contributed by atoms with Gasteiger partial charge in [-0.1, -0.05) is 207 Å². The molecule has 2 amide bonds. The molecule has 0 aromatic heterocycles. The highest BCUT2D eigenvalue weighted by molar-refractivity contribution is 5.87. The minimum absolute atomic E-state index is 0.0526. The largest absolute Gasteiger partial charge is 0.341 e. The maximum absolute atomic E-state index is 13.9. The Hall–Kier alpha value is -1.22. The van der Waals surface area contributed by atoms with E-state index in [1.54, 1.807) is 5.01 Å². The van der Waals surface area contributed by atoms with E-state index in [1.807, 2.05) is 0 Å². The number of nitrogens with zero attached hydrogens (tertiary/aromatic N) is 2. The van der Waals surface area contributed by atoms with E-state index in [9.17, 15) is 9.59 Å². The summed E-state index contributed by atoms with van der Waals surface area (Å²) in [7, 11) is 0. The van der Waals surface area contributed by atoms with Crippen LogP contribution in [0.3, 0.4) is 0 Å². The molecule has 0 aliphatic heterocycles. The fourth-order valence-corrected chi connectivity index (χ4v) is 7.64. The monoisotopic (exact) mass is 779 g/mol. The molecule has 1 unspecified atom stereocenters. The van der Waals surface area contributed by atoms with E-state index >= 15 is 0 Å². The third-order valence-electron chi connectivity index (χ3n) is 11.3. The Balaban J connectivity index is 4.83. The van der Waals surface area contributed by atoms with Crippen molar-refractivity contribution in [1.82, 2.24) is 20.7 Å². The lowest BCUT2D eigenvalue weighted by atomic mass is 10.0. The molecule has 0 radical (unpaired) electrons. The SMILES string of the molecule is CCCCCCCCCCCCCCCCCN(CCCCCCCCCCCCCCCCC)C(=O)CN(NCCCN)C(=O)C(CCC)NCCCN. The summed E-state index contributed by atoms with van der Waals surface area (Å²) < 4.78 is 0. The summed E-state index contributed by atoms with van der Waals surface area (Å²) in [5.74, 6) is 0.00433. The van der Waals surface area contributed by atoms with Gasteiger partial charge in [0.2, 0.25) is 5.91 Å². The second-order valence-corrected chi connectivity index (χ2v) is 16.7. The Labute approximate surface area is 343 Å². The van der Waals surface area contributed by atoms with E-state index in [2.05, 4.69) is 36.4 Å². The molecule has 55 heavy (non-hydrogen) atoms. The summed E-state index contributed by atoms with van der Waals surface area (Å²) in [4.78, 5) is 29.7. The third-order valence-corrected chi connectivity index (χ3v) is 11.3. The van der Waals surface area contributed by atoms with Crippen molar-refractivity contribution in [3.05, 3.63) is 0 Å². The van der Waals surface area contributed by atoms with Crippen LogP contribution in [0.4, 0.5) is 0 Å². The Bertz CT molecular complexity index is 765. The molecule has 0 aromatic carbocycles. The van der Waals surface area contributed by atoms with Crippen LogP contribution in [-0.2, 0) is 9.59 Å². The lowest BCUT2D eigenvalue weighted by molar-refractivity contribution is -0.145. The van der Waals surface area contributed by atoms with Crippen LogP contribution >= 0.6 is 0 Å². The number of unbranched alkanes of at least 4 members (excludes halogenated alkanes) is 28. The van der Waals surface area contributed by atoms with Crippen LogP contribution in [-0.4, -0.2) is 73.6 Å². The smallest absolute Gasteiger partial charge is 0.254 e. The number of rotatable bonds is 45. The molecular formula is C47H98N6O2. The highest BCUT2D eigenvalue weighted by atomic mass is 16.2. The average Bonchev–Trinajstić information content (AvgIpc) is 3.19. The zero-order valence-corrected chi connectivity index (χ0v) is 37.4. The second kappa shape index (κ2) is 43.9. The van der Waals surface area contributed by atoms with Gasteiger partial charge in [-0.15, -0.1) is 0 Å². The van der Waals surface area contributed by atoms with Gasteiger partial charge >= 0.3 is 0 Å². The van der Waals surface area contributed by atoms with Crippen molar-refractivity contribution in [1.29, 1.82) is 0 Å². The maximum atomic E-state index is 13.9. The number of carbonyl (C=O) groups is 2. The first-order valence-electron chi connectivity index (χ1n) is 24.5. The summed E-state index contributed by atoms with van der Waals surface area (Å²) in [5, 5.41) is 4.98. The van der Waals surface area contributed by atoms with Gasteiger partial charge in [-0.2, -0.15) is 0 Å². The molecule has 328 valence electrons. The van der Waals surface area contributed by atoms with Gasteiger partial charge in [0.05, 0.1) is 6.04 Å². The molecular weight excluding hydrogens is 681 g/mol. The fourth-order valence-electron chi connectivity index (χ4n) is 7.64. The van der Waals surface area contributed by atoms with E-state index in [0.717, 1.165) is 51.6 Å². The van der Waals surface area contributed by atoms with Gasteiger partial charge in [0.15, 0.2) is 0 Å². The number of carbonyl (C=O) groups excluding carboxylic acids is 2. The van der Waals surface area contributed by atoms with E-state index < -0.39 is 0 Å². The van der Waals surface area contributed by atoms with Gasteiger partial charge in [-0.05, 0) is 51.7 Å². The third kappa shape index (κ3) is 35.7. The van der Waals surface area contributed by atoms with Gasteiger partial charge in [0, 0.05) is 19.6 Å². The molecule has 0 aromatic rings. The molecule has 0 fully saturated rings. The summed E-state index contributed by atoms with van der Waals surface area (Å²) in [6.07, 6.45) is 43.3. The van der Waals surface area contributed by atoms with Crippen molar-refractivity contribution >= 4 is 11.8 Å². The Morgan fingerprint density at radius 2 is 0.800 bits per heavy atom. The normalized spacial score (nSPS) is 12.0. The van der Waals surface area contributed by atoms with Crippen LogP contribution in [0.5, 0.6) is 0 Å². The molecule has 0 bridgehead atoms. The molecule has 0 rings (SSSR count). The zero-order valence-electron chi connectivity index (χ0n) is 37.4. The lowest BCUT2D eigenvalue weighted by Crippen LogP contribution is -2.56. The molecule has 8 heteroatoms. The number of hydrogen-bond donors (Lipinski definition) is 4. The van der Waals surface area contributed by atoms with Crippen molar-refractivity contribution in [3.63, 3.8) is 0 Å². The predicted molar refractivity (Wildman–Crippen MR) is 240 cm³/mol. The second-order valence-electron chi connectivity index (χ2n) is 16.7. The molecule has 0 saturated heterocycles. The molecule has 0 spiro atoms. The minimum atomic E-state index is -0.325. The van der Waals surface area contributed by atoms with Crippen molar-refractivity contribution in [2.24, 2.45) is 11.5 Å². The van der Waals surface area contributed by atoms with Crippen LogP contribution in [0.15, 0.2) is 0 Å².